The Morgan fingerprint density at radius 2 is 1.14 bits per heavy atom. The molecular formula is C20H39NO. The minimum atomic E-state index is 0.0309. The Balaban J connectivity index is 3.02. The molecule has 130 valence electrons. The highest BCUT2D eigenvalue weighted by molar-refractivity contribution is 5.58. The van der Waals surface area contributed by atoms with Crippen LogP contribution in [0.2, 0.25) is 0 Å². The van der Waals surface area contributed by atoms with E-state index in [1.54, 1.807) is 6.20 Å². The van der Waals surface area contributed by atoms with Crippen LogP contribution in [0.25, 0.3) is 0 Å². The third-order valence-corrected chi connectivity index (χ3v) is 4.10. The number of unbranched alkanes of at least 4 members (excludes halogenated alkanes) is 14. The third kappa shape index (κ3) is 19.4. The van der Waals surface area contributed by atoms with Gasteiger partial charge in [-0.1, -0.05) is 96.5 Å². The SMILES string of the molecule is CCCCCCCCCCCCCCCCC=CN=CCO. The van der Waals surface area contributed by atoms with Crippen LogP contribution >= 0.6 is 0 Å². The zero-order chi connectivity index (χ0) is 16.1. The molecule has 0 spiro atoms. The van der Waals surface area contributed by atoms with Gasteiger partial charge in [0, 0.05) is 12.4 Å². The lowest BCUT2D eigenvalue weighted by molar-refractivity contribution is 0.361. The Bertz CT molecular complexity index is 248. The average molecular weight is 310 g/mol. The zero-order valence-corrected chi connectivity index (χ0v) is 14.9. The van der Waals surface area contributed by atoms with E-state index in [-0.39, 0.29) is 6.61 Å². The summed E-state index contributed by atoms with van der Waals surface area (Å²) in [6, 6.07) is 0. The van der Waals surface area contributed by atoms with Crippen LogP contribution in [0.1, 0.15) is 103 Å². The monoisotopic (exact) mass is 309 g/mol. The molecule has 0 heterocycles. The van der Waals surface area contributed by atoms with E-state index in [4.69, 9.17) is 5.11 Å². The predicted octanol–water partition coefficient (Wildman–Crippen LogP) is 6.43. The standard InChI is InChI=1S/C20H39NO/c1-2-3-4-5-6-7-8-9-10-11-12-13-14-15-16-17-18-21-19-20-22/h17-19,22H,2-16,20H2,1H3. The average Bonchev–Trinajstić information content (AvgIpc) is 2.54. The first-order valence-corrected chi connectivity index (χ1v) is 9.69. The van der Waals surface area contributed by atoms with Gasteiger partial charge in [-0.3, -0.25) is 4.99 Å². The number of hydrogen-bond acceptors (Lipinski definition) is 2. The van der Waals surface area contributed by atoms with E-state index in [1.807, 2.05) is 0 Å². The Morgan fingerprint density at radius 3 is 1.59 bits per heavy atom. The summed E-state index contributed by atoms with van der Waals surface area (Å²) in [4.78, 5) is 3.94. The van der Waals surface area contributed by atoms with Gasteiger partial charge < -0.3 is 5.11 Å². The number of allylic oxidation sites excluding steroid dienone is 1. The Hall–Kier alpha value is -0.630. The van der Waals surface area contributed by atoms with Gasteiger partial charge in [0.2, 0.25) is 0 Å². The normalized spacial score (nSPS) is 11.9. The molecule has 1 N–H and O–H groups in total. The maximum Gasteiger partial charge on any atom is 0.0783 e. The summed E-state index contributed by atoms with van der Waals surface area (Å²) in [5.41, 5.74) is 0. The van der Waals surface area contributed by atoms with Crippen LogP contribution in [0, 0.1) is 0 Å². The Labute approximate surface area is 139 Å². The van der Waals surface area contributed by atoms with Crippen molar-refractivity contribution in [1.29, 1.82) is 0 Å². The molecule has 0 bridgehead atoms. The van der Waals surface area contributed by atoms with Crippen molar-refractivity contribution in [1.82, 2.24) is 0 Å². The molecular weight excluding hydrogens is 270 g/mol. The molecule has 22 heavy (non-hydrogen) atoms. The fraction of sp³-hybridized carbons (Fsp3) is 0.850. The van der Waals surface area contributed by atoms with Gasteiger partial charge >= 0.3 is 0 Å². The molecule has 0 aromatic carbocycles. The summed E-state index contributed by atoms with van der Waals surface area (Å²) in [6.07, 6.45) is 26.2. The van der Waals surface area contributed by atoms with Gasteiger partial charge in [-0.2, -0.15) is 0 Å². The highest BCUT2D eigenvalue weighted by atomic mass is 16.2. The molecule has 0 saturated heterocycles. The van der Waals surface area contributed by atoms with Crippen molar-refractivity contribution in [2.75, 3.05) is 6.61 Å². The minimum absolute atomic E-state index is 0.0309. The molecule has 2 heteroatoms. The predicted molar refractivity (Wildman–Crippen MR) is 99.6 cm³/mol. The fourth-order valence-electron chi connectivity index (χ4n) is 2.70. The van der Waals surface area contributed by atoms with Gasteiger partial charge in [-0.25, -0.2) is 0 Å². The Morgan fingerprint density at radius 1 is 0.682 bits per heavy atom. The van der Waals surface area contributed by atoms with Crippen molar-refractivity contribution in [2.45, 2.75) is 103 Å². The van der Waals surface area contributed by atoms with Gasteiger partial charge in [0.15, 0.2) is 0 Å². The molecule has 0 unspecified atom stereocenters. The first-order chi connectivity index (χ1) is 10.9. The highest BCUT2D eigenvalue weighted by Gasteiger charge is 1.93. The van der Waals surface area contributed by atoms with Gasteiger partial charge in [-0.15, -0.1) is 0 Å². The number of hydrogen-bond donors (Lipinski definition) is 1. The molecule has 0 atom stereocenters. The second kappa shape index (κ2) is 20.4. The maximum atomic E-state index is 8.52. The minimum Gasteiger partial charge on any atom is -0.391 e. The molecule has 0 fully saturated rings. The lowest BCUT2D eigenvalue weighted by Crippen LogP contribution is -1.83. The fourth-order valence-corrected chi connectivity index (χ4v) is 2.70. The molecule has 0 saturated carbocycles. The van der Waals surface area contributed by atoms with Gasteiger partial charge in [0.25, 0.3) is 0 Å². The summed E-state index contributed by atoms with van der Waals surface area (Å²) in [5.74, 6) is 0. The van der Waals surface area contributed by atoms with E-state index in [0.29, 0.717) is 0 Å². The van der Waals surface area contributed by atoms with E-state index in [2.05, 4.69) is 18.0 Å². The lowest BCUT2D eigenvalue weighted by atomic mass is 10.0. The summed E-state index contributed by atoms with van der Waals surface area (Å²) in [6.45, 7) is 2.31. The summed E-state index contributed by atoms with van der Waals surface area (Å²) in [7, 11) is 0. The van der Waals surface area contributed by atoms with E-state index in [1.165, 1.54) is 96.1 Å². The number of nitrogens with zero attached hydrogens (tertiary/aromatic N) is 1. The van der Waals surface area contributed by atoms with Crippen molar-refractivity contribution in [2.24, 2.45) is 4.99 Å². The molecule has 0 rings (SSSR count). The van der Waals surface area contributed by atoms with Crippen LogP contribution in [-0.4, -0.2) is 17.9 Å². The molecule has 0 aromatic rings. The largest absolute Gasteiger partial charge is 0.391 e. The number of rotatable bonds is 17. The Kier molecular flexibility index (Phi) is 19.8. The van der Waals surface area contributed by atoms with Crippen molar-refractivity contribution < 1.29 is 5.11 Å². The second-order valence-corrected chi connectivity index (χ2v) is 6.28. The van der Waals surface area contributed by atoms with Crippen LogP contribution < -0.4 is 0 Å². The first kappa shape index (κ1) is 21.4. The topological polar surface area (TPSA) is 32.6 Å². The smallest absolute Gasteiger partial charge is 0.0783 e. The van der Waals surface area contributed by atoms with E-state index in [0.717, 1.165) is 6.42 Å². The number of aliphatic imine (C=N–C) groups is 1. The lowest BCUT2D eigenvalue weighted by Gasteiger charge is -2.02. The van der Waals surface area contributed by atoms with Crippen LogP contribution in [0.5, 0.6) is 0 Å². The molecule has 0 radical (unpaired) electrons. The first-order valence-electron chi connectivity index (χ1n) is 9.69. The zero-order valence-electron chi connectivity index (χ0n) is 14.9. The van der Waals surface area contributed by atoms with Crippen LogP contribution in [-0.2, 0) is 0 Å². The summed E-state index contributed by atoms with van der Waals surface area (Å²) in [5, 5.41) is 8.52. The number of aliphatic hydroxyl groups is 1. The van der Waals surface area contributed by atoms with Gasteiger partial charge in [-0.05, 0) is 12.8 Å². The van der Waals surface area contributed by atoms with Gasteiger partial charge in [0.1, 0.15) is 0 Å². The van der Waals surface area contributed by atoms with Crippen molar-refractivity contribution >= 4 is 6.21 Å². The van der Waals surface area contributed by atoms with Crippen LogP contribution in [0.3, 0.4) is 0 Å². The number of aliphatic hydroxyl groups excluding tert-OH is 1. The molecule has 2 nitrogen and oxygen atoms in total. The maximum absolute atomic E-state index is 8.52. The van der Waals surface area contributed by atoms with Crippen molar-refractivity contribution in [3.05, 3.63) is 12.3 Å². The molecule has 0 aliphatic carbocycles. The van der Waals surface area contributed by atoms with E-state index in [9.17, 15) is 0 Å². The van der Waals surface area contributed by atoms with E-state index >= 15 is 0 Å². The molecule has 0 aliphatic rings. The summed E-state index contributed by atoms with van der Waals surface area (Å²) >= 11 is 0. The van der Waals surface area contributed by atoms with Crippen molar-refractivity contribution in [3.8, 4) is 0 Å². The van der Waals surface area contributed by atoms with Crippen LogP contribution in [0.15, 0.2) is 17.3 Å². The highest BCUT2D eigenvalue weighted by Crippen LogP contribution is 2.13. The quantitative estimate of drug-likeness (QED) is 0.243. The van der Waals surface area contributed by atoms with Crippen LogP contribution in [0.4, 0.5) is 0 Å². The molecule has 0 amide bonds. The molecule has 0 aromatic heterocycles. The summed E-state index contributed by atoms with van der Waals surface area (Å²) < 4.78 is 0. The molecule has 0 aliphatic heterocycles. The third-order valence-electron chi connectivity index (χ3n) is 4.10. The second-order valence-electron chi connectivity index (χ2n) is 6.28. The van der Waals surface area contributed by atoms with Crippen molar-refractivity contribution in [3.63, 3.8) is 0 Å². The van der Waals surface area contributed by atoms with E-state index < -0.39 is 0 Å². The van der Waals surface area contributed by atoms with Gasteiger partial charge in [0.05, 0.1) is 6.61 Å².